The van der Waals surface area contributed by atoms with Crippen molar-refractivity contribution in [3.63, 3.8) is 0 Å². The van der Waals surface area contributed by atoms with Gasteiger partial charge in [0.15, 0.2) is 10.9 Å². The third-order valence-electron chi connectivity index (χ3n) is 2.63. The standard InChI is InChI=1S/C14H11F3N2O3S/c1-8(20)11-7-23-13(18-11)19-12(21)6-9-2-4-10(5-3-9)22-14(15,16)17/h2-5,7H,6H2,1H3,(H,18,19,21). The van der Waals surface area contributed by atoms with E-state index >= 15 is 0 Å². The van der Waals surface area contributed by atoms with Crippen LogP contribution in [-0.4, -0.2) is 23.0 Å². The quantitative estimate of drug-likeness (QED) is 0.844. The van der Waals surface area contributed by atoms with Gasteiger partial charge in [-0.15, -0.1) is 24.5 Å². The number of thiazole rings is 1. The zero-order valence-electron chi connectivity index (χ0n) is 11.8. The van der Waals surface area contributed by atoms with Gasteiger partial charge in [-0.05, 0) is 17.7 Å². The second kappa shape index (κ2) is 6.78. The molecule has 0 spiro atoms. The van der Waals surface area contributed by atoms with Gasteiger partial charge in [0.1, 0.15) is 11.4 Å². The zero-order valence-corrected chi connectivity index (χ0v) is 12.6. The smallest absolute Gasteiger partial charge is 0.406 e. The molecule has 1 aromatic heterocycles. The van der Waals surface area contributed by atoms with Gasteiger partial charge in [0.05, 0.1) is 6.42 Å². The van der Waals surface area contributed by atoms with Crippen molar-refractivity contribution in [2.75, 3.05) is 5.32 Å². The Labute approximate surface area is 133 Å². The molecule has 1 amide bonds. The topological polar surface area (TPSA) is 68.3 Å². The van der Waals surface area contributed by atoms with Crippen molar-refractivity contribution in [3.05, 3.63) is 40.9 Å². The van der Waals surface area contributed by atoms with Crippen LogP contribution in [0.1, 0.15) is 23.0 Å². The predicted octanol–water partition coefficient (Wildman–Crippen LogP) is 3.43. The molecule has 9 heteroatoms. The molecule has 0 unspecified atom stereocenters. The molecule has 0 aliphatic heterocycles. The third kappa shape index (κ3) is 5.37. The first-order valence-corrected chi connectivity index (χ1v) is 7.22. The molecule has 0 atom stereocenters. The highest BCUT2D eigenvalue weighted by Gasteiger charge is 2.30. The molecule has 0 saturated carbocycles. The Hall–Kier alpha value is -2.42. The Bertz CT molecular complexity index is 711. The first kappa shape index (κ1) is 16.9. The molecule has 0 bridgehead atoms. The maximum atomic E-state index is 12.0. The molecule has 5 nitrogen and oxygen atoms in total. The van der Waals surface area contributed by atoms with E-state index in [1.165, 1.54) is 24.4 Å². The van der Waals surface area contributed by atoms with Crippen LogP contribution in [0.3, 0.4) is 0 Å². The van der Waals surface area contributed by atoms with Crippen LogP contribution in [0.4, 0.5) is 18.3 Å². The van der Waals surface area contributed by atoms with E-state index in [1.807, 2.05) is 0 Å². The maximum absolute atomic E-state index is 12.0. The van der Waals surface area contributed by atoms with E-state index in [0.717, 1.165) is 23.5 Å². The van der Waals surface area contributed by atoms with E-state index in [9.17, 15) is 22.8 Å². The van der Waals surface area contributed by atoms with Gasteiger partial charge < -0.3 is 10.1 Å². The van der Waals surface area contributed by atoms with Crippen molar-refractivity contribution in [1.29, 1.82) is 0 Å². The lowest BCUT2D eigenvalue weighted by Gasteiger charge is -2.09. The first-order chi connectivity index (χ1) is 10.7. The number of benzene rings is 1. The molecule has 0 aliphatic carbocycles. The average molecular weight is 344 g/mol. The molecule has 2 aromatic rings. The summed E-state index contributed by atoms with van der Waals surface area (Å²) in [5, 5.41) is 4.34. The minimum Gasteiger partial charge on any atom is -0.406 e. The van der Waals surface area contributed by atoms with Crippen molar-refractivity contribution in [2.24, 2.45) is 0 Å². The molecule has 2 rings (SSSR count). The summed E-state index contributed by atoms with van der Waals surface area (Å²) in [5.41, 5.74) is 0.777. The summed E-state index contributed by atoms with van der Waals surface area (Å²) in [5.74, 6) is -0.950. The number of alkyl halides is 3. The summed E-state index contributed by atoms with van der Waals surface area (Å²) in [4.78, 5) is 26.9. The van der Waals surface area contributed by atoms with Crippen molar-refractivity contribution in [1.82, 2.24) is 4.98 Å². The fraction of sp³-hybridized carbons (Fsp3) is 0.214. The maximum Gasteiger partial charge on any atom is 0.573 e. The highest BCUT2D eigenvalue weighted by Crippen LogP contribution is 2.23. The largest absolute Gasteiger partial charge is 0.573 e. The summed E-state index contributed by atoms with van der Waals surface area (Å²) in [7, 11) is 0. The van der Waals surface area contributed by atoms with Crippen molar-refractivity contribution in [3.8, 4) is 5.75 Å². The van der Waals surface area contributed by atoms with Crippen LogP contribution in [0.2, 0.25) is 0 Å². The number of ketones is 1. The molecule has 23 heavy (non-hydrogen) atoms. The van der Waals surface area contributed by atoms with Crippen LogP contribution < -0.4 is 10.1 Å². The molecule has 0 saturated heterocycles. The van der Waals surface area contributed by atoms with Gasteiger partial charge in [-0.2, -0.15) is 0 Å². The molecular formula is C14H11F3N2O3S. The second-order valence-electron chi connectivity index (χ2n) is 4.51. The highest BCUT2D eigenvalue weighted by molar-refractivity contribution is 7.14. The van der Waals surface area contributed by atoms with E-state index in [2.05, 4.69) is 15.0 Å². The number of ether oxygens (including phenoxy) is 1. The second-order valence-corrected chi connectivity index (χ2v) is 5.37. The van der Waals surface area contributed by atoms with Crippen molar-refractivity contribution in [2.45, 2.75) is 19.7 Å². The van der Waals surface area contributed by atoms with E-state index in [0.29, 0.717) is 5.56 Å². The molecule has 0 fully saturated rings. The summed E-state index contributed by atoms with van der Waals surface area (Å²) >= 11 is 1.12. The lowest BCUT2D eigenvalue weighted by molar-refractivity contribution is -0.274. The monoisotopic (exact) mass is 344 g/mol. The molecule has 1 N–H and O–H groups in total. The van der Waals surface area contributed by atoms with Crippen molar-refractivity contribution >= 4 is 28.2 Å². The number of aromatic nitrogens is 1. The summed E-state index contributed by atoms with van der Waals surface area (Å²) in [6.07, 6.45) is -4.79. The molecule has 0 radical (unpaired) electrons. The summed E-state index contributed by atoms with van der Waals surface area (Å²) in [6.45, 7) is 1.37. The van der Waals surface area contributed by atoms with Crippen LogP contribution in [0.5, 0.6) is 5.75 Å². The van der Waals surface area contributed by atoms with Crippen LogP contribution >= 0.6 is 11.3 Å². The number of rotatable bonds is 5. The fourth-order valence-corrected chi connectivity index (χ4v) is 2.42. The van der Waals surface area contributed by atoms with Gasteiger partial charge in [-0.1, -0.05) is 12.1 Å². The molecule has 0 aliphatic rings. The predicted molar refractivity (Wildman–Crippen MR) is 77.6 cm³/mol. The average Bonchev–Trinajstić information content (AvgIpc) is 2.88. The normalized spacial score (nSPS) is 11.1. The Morgan fingerprint density at radius 2 is 1.91 bits per heavy atom. The Morgan fingerprint density at radius 1 is 1.26 bits per heavy atom. The minimum atomic E-state index is -4.75. The highest BCUT2D eigenvalue weighted by atomic mass is 32.1. The van der Waals surface area contributed by atoms with Crippen LogP contribution in [-0.2, 0) is 11.2 Å². The number of carbonyl (C=O) groups is 2. The molecular weight excluding hydrogens is 333 g/mol. The minimum absolute atomic E-state index is 0.0404. The van der Waals surface area contributed by atoms with Crippen LogP contribution in [0, 0.1) is 0 Å². The summed E-state index contributed by atoms with van der Waals surface area (Å²) in [6, 6.07) is 4.99. The Balaban J connectivity index is 1.93. The number of anilines is 1. The number of hydrogen-bond acceptors (Lipinski definition) is 5. The van der Waals surface area contributed by atoms with Crippen LogP contribution in [0.15, 0.2) is 29.6 Å². The van der Waals surface area contributed by atoms with Gasteiger partial charge in [-0.25, -0.2) is 4.98 Å². The van der Waals surface area contributed by atoms with Crippen LogP contribution in [0.25, 0.3) is 0 Å². The SMILES string of the molecule is CC(=O)c1csc(NC(=O)Cc2ccc(OC(F)(F)F)cc2)n1. The van der Waals surface area contributed by atoms with Gasteiger partial charge in [0.25, 0.3) is 0 Å². The van der Waals surface area contributed by atoms with E-state index in [4.69, 9.17) is 0 Å². The van der Waals surface area contributed by atoms with E-state index in [-0.39, 0.29) is 34.7 Å². The molecule has 1 heterocycles. The number of nitrogens with zero attached hydrogens (tertiary/aromatic N) is 1. The molecule has 1 aromatic carbocycles. The first-order valence-electron chi connectivity index (χ1n) is 6.34. The van der Waals surface area contributed by atoms with Gasteiger partial charge in [-0.3, -0.25) is 9.59 Å². The summed E-state index contributed by atoms with van der Waals surface area (Å²) < 4.78 is 39.9. The number of carbonyl (C=O) groups excluding carboxylic acids is 2. The molecule has 122 valence electrons. The van der Waals surface area contributed by atoms with Gasteiger partial charge in [0, 0.05) is 12.3 Å². The number of hydrogen-bond donors (Lipinski definition) is 1. The van der Waals surface area contributed by atoms with Gasteiger partial charge >= 0.3 is 6.36 Å². The van der Waals surface area contributed by atoms with Crippen molar-refractivity contribution < 1.29 is 27.5 Å². The Morgan fingerprint density at radius 3 is 2.43 bits per heavy atom. The number of halogens is 3. The Kier molecular flexibility index (Phi) is 4.99. The van der Waals surface area contributed by atoms with E-state index < -0.39 is 6.36 Å². The number of Topliss-reactive ketones (excluding diaryl/α,β-unsaturated/α-hetero) is 1. The van der Waals surface area contributed by atoms with E-state index in [1.54, 1.807) is 0 Å². The van der Waals surface area contributed by atoms with Gasteiger partial charge in [0.2, 0.25) is 5.91 Å². The lowest BCUT2D eigenvalue weighted by Crippen LogP contribution is -2.17. The lowest BCUT2D eigenvalue weighted by atomic mass is 10.1. The zero-order chi connectivity index (χ0) is 17.0. The number of amides is 1. The third-order valence-corrected chi connectivity index (χ3v) is 3.39. The fourth-order valence-electron chi connectivity index (χ4n) is 1.65. The number of nitrogens with one attached hydrogen (secondary N) is 1.